The van der Waals surface area contributed by atoms with Crippen LogP contribution in [-0.2, 0) is 28.7 Å². The molecule has 0 N–H and O–H groups in total. The van der Waals surface area contributed by atoms with E-state index in [1.165, 1.54) is 14.0 Å². The molecule has 6 atom stereocenters. The minimum absolute atomic E-state index is 0.00192. The number of Topliss-reactive ketones (excluding diaryl/α,β-unsaturated/α-hetero) is 1. The van der Waals surface area contributed by atoms with Gasteiger partial charge in [-0.3, -0.25) is 19.2 Å². The van der Waals surface area contributed by atoms with Crippen LogP contribution in [0.4, 0.5) is 0 Å². The first-order valence-corrected chi connectivity index (χ1v) is 11.0. The van der Waals surface area contributed by atoms with Crippen molar-refractivity contribution in [3.63, 3.8) is 0 Å². The first-order chi connectivity index (χ1) is 14.6. The van der Waals surface area contributed by atoms with Crippen molar-refractivity contribution in [1.29, 1.82) is 0 Å². The van der Waals surface area contributed by atoms with Gasteiger partial charge in [-0.2, -0.15) is 0 Å². The van der Waals surface area contributed by atoms with Gasteiger partial charge < -0.3 is 9.47 Å². The number of methoxy groups -OCH3 is 1. The van der Waals surface area contributed by atoms with E-state index in [0.29, 0.717) is 12.0 Å². The zero-order valence-corrected chi connectivity index (χ0v) is 18.6. The summed E-state index contributed by atoms with van der Waals surface area (Å²) in [4.78, 5) is 49.2. The Labute approximate surface area is 182 Å². The van der Waals surface area contributed by atoms with Crippen LogP contribution in [0.5, 0.6) is 0 Å². The Hall–Kier alpha value is -2.50. The summed E-state index contributed by atoms with van der Waals surface area (Å²) < 4.78 is 10.2. The molecule has 4 aliphatic rings. The summed E-state index contributed by atoms with van der Waals surface area (Å²) in [5.41, 5.74) is 0.924. The second kappa shape index (κ2) is 7.57. The second-order valence-electron chi connectivity index (χ2n) is 9.83. The summed E-state index contributed by atoms with van der Waals surface area (Å²) in [6, 6.07) is 0. The van der Waals surface area contributed by atoms with E-state index >= 15 is 0 Å². The van der Waals surface area contributed by atoms with Crippen LogP contribution in [0, 0.1) is 34.5 Å². The van der Waals surface area contributed by atoms with Crippen LogP contribution in [0.1, 0.15) is 46.5 Å². The van der Waals surface area contributed by atoms with Crippen molar-refractivity contribution < 1.29 is 28.7 Å². The molecule has 4 rings (SSSR count). The quantitative estimate of drug-likeness (QED) is 0.641. The highest BCUT2D eigenvalue weighted by Crippen LogP contribution is 2.66. The first-order valence-electron chi connectivity index (χ1n) is 11.0. The molecule has 6 nitrogen and oxygen atoms in total. The number of fused-ring (bicyclic) bond motifs is 5. The van der Waals surface area contributed by atoms with Gasteiger partial charge in [-0.25, -0.2) is 0 Å². The van der Waals surface area contributed by atoms with Crippen molar-refractivity contribution >= 4 is 23.5 Å². The molecule has 0 saturated heterocycles. The highest BCUT2D eigenvalue weighted by atomic mass is 16.5. The number of allylic oxidation sites excluding steroid dienone is 5. The molecule has 0 unspecified atom stereocenters. The van der Waals surface area contributed by atoms with Crippen LogP contribution < -0.4 is 0 Å². The van der Waals surface area contributed by atoms with Crippen molar-refractivity contribution in [2.24, 2.45) is 34.5 Å². The summed E-state index contributed by atoms with van der Waals surface area (Å²) in [5.74, 6) is -0.860. The van der Waals surface area contributed by atoms with Crippen LogP contribution in [0.15, 0.2) is 35.5 Å². The Morgan fingerprint density at radius 1 is 1.23 bits per heavy atom. The van der Waals surface area contributed by atoms with E-state index in [2.05, 4.69) is 13.8 Å². The molecular formula is C25H30O6. The van der Waals surface area contributed by atoms with Crippen molar-refractivity contribution in [3.8, 4) is 0 Å². The van der Waals surface area contributed by atoms with Crippen LogP contribution in [0.2, 0.25) is 0 Å². The van der Waals surface area contributed by atoms with Crippen LogP contribution in [-0.4, -0.2) is 37.2 Å². The van der Waals surface area contributed by atoms with Gasteiger partial charge in [-0.15, -0.1) is 0 Å². The summed E-state index contributed by atoms with van der Waals surface area (Å²) in [7, 11) is 1.41. The van der Waals surface area contributed by atoms with Gasteiger partial charge in [-0.05, 0) is 55.6 Å². The normalized spacial score (nSPS) is 38.3. The standard InChI is InChI=1S/C25H30O6/c1-14(26)31-13-21(28)20-8-7-19-17-6-5-15-11-16(27)9-10-24(15,2)22(17)18(23(29)30-4)12-25(19,20)3/h8-11,17-19,22H,5-7,12-13H2,1-4H3/t17-,18+,19+,22-,24-,25-/m0/s1. The van der Waals surface area contributed by atoms with Crippen molar-refractivity contribution in [2.75, 3.05) is 13.7 Å². The number of carbonyl (C=O) groups excluding carboxylic acids is 4. The van der Waals surface area contributed by atoms with Crippen molar-refractivity contribution in [3.05, 3.63) is 35.5 Å². The smallest absolute Gasteiger partial charge is 0.309 e. The third kappa shape index (κ3) is 3.31. The molecule has 0 spiro atoms. The fourth-order valence-electron chi connectivity index (χ4n) is 7.01. The van der Waals surface area contributed by atoms with Gasteiger partial charge in [0.1, 0.15) is 0 Å². The number of carbonyl (C=O) groups is 4. The number of esters is 2. The van der Waals surface area contributed by atoms with Gasteiger partial charge in [0, 0.05) is 23.3 Å². The summed E-state index contributed by atoms with van der Waals surface area (Å²) >= 11 is 0. The Balaban J connectivity index is 1.72. The average Bonchev–Trinajstić information content (AvgIpc) is 3.08. The maximum absolute atomic E-state index is 13.0. The number of ether oxygens (including phenoxy) is 2. The average molecular weight is 427 g/mol. The van der Waals surface area contributed by atoms with E-state index in [0.717, 1.165) is 24.8 Å². The number of hydrogen-bond donors (Lipinski definition) is 0. The minimum atomic E-state index is -0.483. The second-order valence-corrected chi connectivity index (χ2v) is 9.83. The molecule has 6 heteroatoms. The Bertz CT molecular complexity index is 940. The van der Waals surface area contributed by atoms with E-state index in [1.807, 2.05) is 12.2 Å². The predicted molar refractivity (Wildman–Crippen MR) is 113 cm³/mol. The topological polar surface area (TPSA) is 86.7 Å². The Morgan fingerprint density at radius 2 is 1.97 bits per heavy atom. The zero-order chi connectivity index (χ0) is 22.6. The van der Waals surface area contributed by atoms with Crippen LogP contribution in [0.25, 0.3) is 0 Å². The lowest BCUT2D eigenvalue weighted by Crippen LogP contribution is -2.55. The van der Waals surface area contributed by atoms with E-state index in [-0.39, 0.29) is 53.2 Å². The predicted octanol–water partition coefficient (Wildman–Crippen LogP) is 3.36. The molecule has 0 bridgehead atoms. The van der Waals surface area contributed by atoms with Gasteiger partial charge in [0.25, 0.3) is 0 Å². The fourth-order valence-corrected chi connectivity index (χ4v) is 7.01. The van der Waals surface area contributed by atoms with Gasteiger partial charge in [-0.1, -0.05) is 31.6 Å². The van der Waals surface area contributed by atoms with Gasteiger partial charge in [0.05, 0.1) is 13.0 Å². The minimum Gasteiger partial charge on any atom is -0.469 e. The third-order valence-corrected chi connectivity index (χ3v) is 8.32. The molecular weight excluding hydrogens is 396 g/mol. The Morgan fingerprint density at radius 3 is 2.65 bits per heavy atom. The van der Waals surface area contributed by atoms with E-state index in [9.17, 15) is 19.2 Å². The van der Waals surface area contributed by atoms with Gasteiger partial charge in [0.2, 0.25) is 0 Å². The molecule has 4 aliphatic carbocycles. The zero-order valence-electron chi connectivity index (χ0n) is 18.6. The van der Waals surface area contributed by atoms with Gasteiger partial charge in [0.15, 0.2) is 18.2 Å². The molecule has 0 amide bonds. The Kier molecular flexibility index (Phi) is 5.31. The molecule has 31 heavy (non-hydrogen) atoms. The maximum Gasteiger partial charge on any atom is 0.309 e. The van der Waals surface area contributed by atoms with Crippen LogP contribution >= 0.6 is 0 Å². The molecule has 0 aliphatic heterocycles. The summed E-state index contributed by atoms with van der Waals surface area (Å²) in [6.45, 7) is 5.22. The summed E-state index contributed by atoms with van der Waals surface area (Å²) in [5, 5.41) is 0. The molecule has 166 valence electrons. The van der Waals surface area contributed by atoms with Crippen molar-refractivity contribution in [1.82, 2.24) is 0 Å². The first kappa shape index (κ1) is 21.7. The lowest BCUT2D eigenvalue weighted by atomic mass is 9.44. The molecule has 0 heterocycles. The molecule has 0 aromatic rings. The molecule has 0 radical (unpaired) electrons. The highest BCUT2D eigenvalue weighted by Gasteiger charge is 2.62. The molecule has 2 saturated carbocycles. The van der Waals surface area contributed by atoms with Crippen molar-refractivity contribution in [2.45, 2.75) is 46.5 Å². The number of ketones is 2. The van der Waals surface area contributed by atoms with E-state index < -0.39 is 11.4 Å². The van der Waals surface area contributed by atoms with E-state index in [1.54, 1.807) is 12.2 Å². The maximum atomic E-state index is 13.0. The lowest BCUT2D eigenvalue weighted by Gasteiger charge is -2.58. The lowest BCUT2D eigenvalue weighted by molar-refractivity contribution is -0.159. The SMILES string of the molecule is COC(=O)[C@@H]1C[C@]2(C)C(C(=O)COC(C)=O)=CC[C@@H]2[C@@H]2CCC3=CC(=O)C=C[C@]3(C)[C@@H]21. The summed E-state index contributed by atoms with van der Waals surface area (Å²) in [6.07, 6.45) is 10.3. The third-order valence-electron chi connectivity index (χ3n) is 8.32. The van der Waals surface area contributed by atoms with E-state index in [4.69, 9.17) is 9.47 Å². The highest BCUT2D eigenvalue weighted by molar-refractivity contribution is 6.01. The molecule has 0 aromatic heterocycles. The number of hydrogen-bond acceptors (Lipinski definition) is 6. The number of rotatable bonds is 4. The largest absolute Gasteiger partial charge is 0.469 e. The molecule has 0 aromatic carbocycles. The van der Waals surface area contributed by atoms with Gasteiger partial charge >= 0.3 is 11.9 Å². The fraction of sp³-hybridized carbons (Fsp3) is 0.600. The molecule has 2 fully saturated rings. The van der Waals surface area contributed by atoms with Crippen LogP contribution in [0.3, 0.4) is 0 Å². The monoisotopic (exact) mass is 426 g/mol.